The Hall–Kier alpha value is -1.98. The second-order valence-corrected chi connectivity index (χ2v) is 4.99. The molecule has 0 radical (unpaired) electrons. The van der Waals surface area contributed by atoms with Crippen LogP contribution in [-0.2, 0) is 4.74 Å². The van der Waals surface area contributed by atoms with Crippen LogP contribution in [-0.4, -0.2) is 13.1 Å². The summed E-state index contributed by atoms with van der Waals surface area (Å²) in [5.41, 5.74) is 6.94. The molecule has 0 amide bonds. The van der Waals surface area contributed by atoms with Crippen LogP contribution in [0.2, 0.25) is 10.0 Å². The molecule has 2 aromatic rings. The fourth-order valence-corrected chi connectivity index (χ4v) is 2.20. The van der Waals surface area contributed by atoms with Crippen molar-refractivity contribution in [3.8, 4) is 0 Å². The number of ether oxygens (including phenoxy) is 1. The van der Waals surface area contributed by atoms with E-state index in [9.17, 15) is 9.18 Å². The summed E-state index contributed by atoms with van der Waals surface area (Å²) in [6, 6.07) is 6.97. The summed E-state index contributed by atoms with van der Waals surface area (Å²) in [7, 11) is 1.25. The van der Waals surface area contributed by atoms with Gasteiger partial charge in [-0.2, -0.15) is 0 Å². The molecule has 0 aromatic heterocycles. The maximum Gasteiger partial charge on any atom is 0.340 e. The van der Waals surface area contributed by atoms with Crippen molar-refractivity contribution in [2.24, 2.45) is 0 Å². The first kappa shape index (κ1) is 15.4. The lowest BCUT2D eigenvalue weighted by atomic mass is 10.1. The average Bonchev–Trinajstić information content (AvgIpc) is 2.44. The van der Waals surface area contributed by atoms with E-state index >= 15 is 0 Å². The van der Waals surface area contributed by atoms with Gasteiger partial charge in [0.25, 0.3) is 0 Å². The zero-order valence-corrected chi connectivity index (χ0v) is 12.4. The van der Waals surface area contributed by atoms with E-state index < -0.39 is 11.8 Å². The Balaban J connectivity index is 2.47. The predicted octanol–water partition coefficient (Wildman–Crippen LogP) is 4.24. The minimum absolute atomic E-state index is 0.0498. The maximum atomic E-state index is 13.2. The Kier molecular flexibility index (Phi) is 4.55. The summed E-state index contributed by atoms with van der Waals surface area (Å²) >= 11 is 11.8. The second kappa shape index (κ2) is 6.20. The third-order valence-electron chi connectivity index (χ3n) is 2.71. The molecular formula is C14H11Cl2FN2O2. The molecule has 4 nitrogen and oxygen atoms in total. The van der Waals surface area contributed by atoms with Gasteiger partial charge in [-0.1, -0.05) is 23.2 Å². The van der Waals surface area contributed by atoms with Gasteiger partial charge in [-0.25, -0.2) is 9.18 Å². The fourth-order valence-electron chi connectivity index (χ4n) is 1.74. The summed E-state index contributed by atoms with van der Waals surface area (Å²) in [5, 5.41) is 3.09. The number of nitrogen functional groups attached to an aromatic ring is 1. The van der Waals surface area contributed by atoms with Gasteiger partial charge >= 0.3 is 5.97 Å². The number of nitrogens with two attached hydrogens (primary N) is 1. The minimum Gasteiger partial charge on any atom is -0.465 e. The summed E-state index contributed by atoms with van der Waals surface area (Å²) in [6.45, 7) is 0. The van der Waals surface area contributed by atoms with E-state index in [0.717, 1.165) is 0 Å². The monoisotopic (exact) mass is 328 g/mol. The Morgan fingerprint density at radius 1 is 1.24 bits per heavy atom. The molecule has 0 bridgehead atoms. The lowest BCUT2D eigenvalue weighted by Gasteiger charge is -2.14. The number of rotatable bonds is 3. The molecular weight excluding hydrogens is 318 g/mol. The van der Waals surface area contributed by atoms with Crippen LogP contribution in [0.1, 0.15) is 10.4 Å². The van der Waals surface area contributed by atoms with Crippen molar-refractivity contribution in [3.63, 3.8) is 0 Å². The van der Waals surface area contributed by atoms with Gasteiger partial charge in [0.05, 0.1) is 28.4 Å². The van der Waals surface area contributed by atoms with Crippen LogP contribution < -0.4 is 11.1 Å². The van der Waals surface area contributed by atoms with Crippen LogP contribution in [0.3, 0.4) is 0 Å². The van der Waals surface area contributed by atoms with Gasteiger partial charge in [-0.05, 0) is 30.3 Å². The number of hydrogen-bond donors (Lipinski definition) is 2. The Labute approximate surface area is 130 Å². The van der Waals surface area contributed by atoms with Crippen molar-refractivity contribution in [1.29, 1.82) is 0 Å². The van der Waals surface area contributed by atoms with Gasteiger partial charge in [0.2, 0.25) is 0 Å². The number of carbonyl (C=O) groups is 1. The zero-order chi connectivity index (χ0) is 15.6. The van der Waals surface area contributed by atoms with Crippen molar-refractivity contribution >= 4 is 46.2 Å². The third-order valence-corrected chi connectivity index (χ3v) is 3.29. The van der Waals surface area contributed by atoms with E-state index in [1.54, 1.807) is 0 Å². The molecule has 21 heavy (non-hydrogen) atoms. The molecule has 0 heterocycles. The van der Waals surface area contributed by atoms with Gasteiger partial charge in [0, 0.05) is 11.4 Å². The molecule has 2 aromatic carbocycles. The molecule has 0 aliphatic rings. The van der Waals surface area contributed by atoms with E-state index in [-0.39, 0.29) is 15.6 Å². The largest absolute Gasteiger partial charge is 0.465 e. The first-order valence-corrected chi connectivity index (χ1v) is 6.57. The number of hydrogen-bond acceptors (Lipinski definition) is 4. The zero-order valence-electron chi connectivity index (χ0n) is 10.9. The van der Waals surface area contributed by atoms with E-state index in [1.807, 2.05) is 0 Å². The summed E-state index contributed by atoms with van der Waals surface area (Å²) in [6.07, 6.45) is 0. The number of nitrogens with one attached hydrogen (secondary N) is 1. The summed E-state index contributed by atoms with van der Waals surface area (Å²) in [5.74, 6) is -1.14. The number of halogens is 3. The van der Waals surface area contributed by atoms with Gasteiger partial charge in [-0.15, -0.1) is 0 Å². The van der Waals surface area contributed by atoms with E-state index in [2.05, 4.69) is 10.1 Å². The van der Waals surface area contributed by atoms with Crippen LogP contribution in [0.4, 0.5) is 21.5 Å². The van der Waals surface area contributed by atoms with Crippen LogP contribution in [0, 0.1) is 5.82 Å². The summed E-state index contributed by atoms with van der Waals surface area (Å²) < 4.78 is 17.8. The molecule has 0 spiro atoms. The van der Waals surface area contributed by atoms with Gasteiger partial charge in [0.1, 0.15) is 5.82 Å². The van der Waals surface area contributed by atoms with Crippen molar-refractivity contribution < 1.29 is 13.9 Å². The smallest absolute Gasteiger partial charge is 0.340 e. The number of benzene rings is 2. The number of anilines is 3. The molecule has 0 aliphatic carbocycles. The van der Waals surface area contributed by atoms with Crippen molar-refractivity contribution in [2.45, 2.75) is 0 Å². The standard InChI is InChI=1S/C14H11Cl2FN2O2/c1-21-14(20)9-4-7(18)5-11(16)13(9)19-8-2-3-12(17)10(15)6-8/h2-6,19H,18H2,1H3. The van der Waals surface area contributed by atoms with Crippen LogP contribution in [0.25, 0.3) is 0 Å². The van der Waals surface area contributed by atoms with Gasteiger partial charge in [0.15, 0.2) is 0 Å². The maximum absolute atomic E-state index is 13.2. The van der Waals surface area contributed by atoms with Crippen LogP contribution in [0.5, 0.6) is 0 Å². The molecule has 0 fully saturated rings. The lowest BCUT2D eigenvalue weighted by Crippen LogP contribution is -2.07. The average molecular weight is 329 g/mol. The van der Waals surface area contributed by atoms with Gasteiger partial charge in [-0.3, -0.25) is 0 Å². The Bertz CT molecular complexity index is 708. The number of methoxy groups -OCH3 is 1. The van der Waals surface area contributed by atoms with Crippen LogP contribution >= 0.6 is 23.2 Å². The predicted molar refractivity (Wildman–Crippen MR) is 81.9 cm³/mol. The van der Waals surface area contributed by atoms with Crippen LogP contribution in [0.15, 0.2) is 30.3 Å². The van der Waals surface area contributed by atoms with E-state index in [4.69, 9.17) is 28.9 Å². The fraction of sp³-hybridized carbons (Fsp3) is 0.0714. The Morgan fingerprint density at radius 3 is 2.57 bits per heavy atom. The first-order valence-electron chi connectivity index (χ1n) is 5.81. The highest BCUT2D eigenvalue weighted by Crippen LogP contribution is 2.33. The number of esters is 1. The molecule has 0 saturated heterocycles. The minimum atomic E-state index is -0.597. The molecule has 0 atom stereocenters. The second-order valence-electron chi connectivity index (χ2n) is 4.17. The summed E-state index contributed by atoms with van der Waals surface area (Å²) in [4.78, 5) is 11.8. The molecule has 3 N–H and O–H groups in total. The molecule has 0 aliphatic heterocycles. The number of carbonyl (C=O) groups excluding carboxylic acids is 1. The van der Waals surface area contributed by atoms with Crippen molar-refractivity contribution in [2.75, 3.05) is 18.2 Å². The molecule has 2 rings (SSSR count). The first-order chi connectivity index (χ1) is 9.92. The molecule has 0 saturated carbocycles. The molecule has 0 unspecified atom stereocenters. The highest BCUT2D eigenvalue weighted by atomic mass is 35.5. The topological polar surface area (TPSA) is 64.3 Å². The molecule has 110 valence electrons. The van der Waals surface area contributed by atoms with Crippen molar-refractivity contribution in [1.82, 2.24) is 0 Å². The Morgan fingerprint density at radius 2 is 1.95 bits per heavy atom. The van der Waals surface area contributed by atoms with Gasteiger partial charge < -0.3 is 15.8 Å². The molecule has 7 heteroatoms. The normalized spacial score (nSPS) is 10.3. The van der Waals surface area contributed by atoms with Crippen molar-refractivity contribution in [3.05, 3.63) is 51.8 Å². The third kappa shape index (κ3) is 3.37. The van der Waals surface area contributed by atoms with E-state index in [1.165, 1.54) is 37.4 Å². The highest BCUT2D eigenvalue weighted by Gasteiger charge is 2.17. The van der Waals surface area contributed by atoms with E-state index in [0.29, 0.717) is 17.1 Å². The lowest BCUT2D eigenvalue weighted by molar-refractivity contribution is 0.0602. The highest BCUT2D eigenvalue weighted by molar-refractivity contribution is 6.34. The SMILES string of the molecule is COC(=O)c1cc(N)cc(Cl)c1Nc1ccc(F)c(Cl)c1. The quantitative estimate of drug-likeness (QED) is 0.653.